The number of carbonyl (C=O) groups is 2. The SMILES string of the molecule is COc1ccc(OCCNC(=O)[C@H](C)NC(=O)OCc2ccccc2)cc1. The van der Waals surface area contributed by atoms with Crippen LogP contribution < -0.4 is 20.1 Å². The molecule has 2 aromatic carbocycles. The molecule has 2 N–H and O–H groups in total. The Labute approximate surface area is 158 Å². The van der Waals surface area contributed by atoms with Crippen LogP contribution in [0.25, 0.3) is 0 Å². The van der Waals surface area contributed by atoms with Gasteiger partial charge in [0.2, 0.25) is 5.91 Å². The molecule has 0 unspecified atom stereocenters. The van der Waals surface area contributed by atoms with Crippen molar-refractivity contribution in [3.05, 3.63) is 60.2 Å². The fourth-order valence-corrected chi connectivity index (χ4v) is 2.18. The predicted molar refractivity (Wildman–Crippen MR) is 101 cm³/mol. The number of amides is 2. The van der Waals surface area contributed by atoms with Crippen LogP contribution in [0.2, 0.25) is 0 Å². The molecular formula is C20H24N2O5. The lowest BCUT2D eigenvalue weighted by molar-refractivity contribution is -0.122. The van der Waals surface area contributed by atoms with Gasteiger partial charge >= 0.3 is 6.09 Å². The molecule has 2 aromatic rings. The molecule has 7 heteroatoms. The molecule has 0 aliphatic carbocycles. The molecule has 0 saturated carbocycles. The molecule has 144 valence electrons. The number of methoxy groups -OCH3 is 1. The smallest absolute Gasteiger partial charge is 0.408 e. The molecule has 0 aliphatic rings. The molecular weight excluding hydrogens is 348 g/mol. The monoisotopic (exact) mass is 372 g/mol. The molecule has 7 nitrogen and oxygen atoms in total. The zero-order valence-electron chi connectivity index (χ0n) is 15.4. The number of carbonyl (C=O) groups excluding carboxylic acids is 2. The zero-order valence-corrected chi connectivity index (χ0v) is 15.4. The molecule has 1 atom stereocenters. The molecule has 0 fully saturated rings. The van der Waals surface area contributed by atoms with Crippen LogP contribution in [0.4, 0.5) is 4.79 Å². The van der Waals surface area contributed by atoms with Gasteiger partial charge in [-0.05, 0) is 36.8 Å². The van der Waals surface area contributed by atoms with Crippen molar-refractivity contribution in [3.63, 3.8) is 0 Å². The van der Waals surface area contributed by atoms with E-state index in [1.165, 1.54) is 0 Å². The van der Waals surface area contributed by atoms with Crippen LogP contribution in [0.3, 0.4) is 0 Å². The summed E-state index contributed by atoms with van der Waals surface area (Å²) in [6, 6.07) is 15.8. The number of hydrogen-bond donors (Lipinski definition) is 2. The summed E-state index contributed by atoms with van der Waals surface area (Å²) in [7, 11) is 1.60. The van der Waals surface area contributed by atoms with Crippen LogP contribution in [0.1, 0.15) is 12.5 Å². The lowest BCUT2D eigenvalue weighted by Gasteiger charge is -2.14. The average Bonchev–Trinajstić information content (AvgIpc) is 2.70. The fourth-order valence-electron chi connectivity index (χ4n) is 2.18. The maximum absolute atomic E-state index is 12.0. The van der Waals surface area contributed by atoms with E-state index < -0.39 is 12.1 Å². The van der Waals surface area contributed by atoms with E-state index in [9.17, 15) is 9.59 Å². The Morgan fingerprint density at radius 2 is 1.67 bits per heavy atom. The molecule has 0 saturated heterocycles. The van der Waals surface area contributed by atoms with Gasteiger partial charge in [-0.1, -0.05) is 30.3 Å². The van der Waals surface area contributed by atoms with Crippen LogP contribution >= 0.6 is 0 Å². The normalized spacial score (nSPS) is 11.2. The third kappa shape index (κ3) is 7.27. The molecule has 0 aliphatic heterocycles. The van der Waals surface area contributed by atoms with Crippen LogP contribution in [0, 0.1) is 0 Å². The van der Waals surface area contributed by atoms with Gasteiger partial charge in [0.1, 0.15) is 30.8 Å². The summed E-state index contributed by atoms with van der Waals surface area (Å²) >= 11 is 0. The van der Waals surface area contributed by atoms with Crippen LogP contribution in [0.15, 0.2) is 54.6 Å². The van der Waals surface area contributed by atoms with E-state index >= 15 is 0 Å². The van der Waals surface area contributed by atoms with Crippen molar-refractivity contribution in [2.45, 2.75) is 19.6 Å². The predicted octanol–water partition coefficient (Wildman–Crippen LogP) is 2.51. The molecule has 0 spiro atoms. The topological polar surface area (TPSA) is 85.9 Å². The number of hydrogen-bond acceptors (Lipinski definition) is 5. The van der Waals surface area contributed by atoms with E-state index in [1.807, 2.05) is 30.3 Å². The summed E-state index contributed by atoms with van der Waals surface area (Å²) < 4.78 is 15.7. The minimum absolute atomic E-state index is 0.150. The van der Waals surface area contributed by atoms with E-state index in [1.54, 1.807) is 38.3 Å². The quantitative estimate of drug-likeness (QED) is 0.661. The first-order chi connectivity index (χ1) is 13.1. The van der Waals surface area contributed by atoms with E-state index in [0.717, 1.165) is 11.3 Å². The van der Waals surface area contributed by atoms with E-state index in [-0.39, 0.29) is 12.5 Å². The summed E-state index contributed by atoms with van der Waals surface area (Å²) in [6.45, 7) is 2.36. The van der Waals surface area contributed by atoms with Crippen molar-refractivity contribution in [1.82, 2.24) is 10.6 Å². The summed E-state index contributed by atoms with van der Waals surface area (Å²) in [6.07, 6.45) is -0.643. The van der Waals surface area contributed by atoms with Crippen molar-refractivity contribution in [3.8, 4) is 11.5 Å². The van der Waals surface area contributed by atoms with Crippen molar-refractivity contribution in [2.24, 2.45) is 0 Å². The Morgan fingerprint density at radius 1 is 1.00 bits per heavy atom. The third-order valence-corrected chi connectivity index (χ3v) is 3.67. The summed E-state index contributed by atoms with van der Waals surface area (Å²) in [5.41, 5.74) is 0.875. The second-order valence-electron chi connectivity index (χ2n) is 5.74. The number of alkyl carbamates (subject to hydrolysis) is 1. The lowest BCUT2D eigenvalue weighted by Crippen LogP contribution is -2.45. The summed E-state index contributed by atoms with van der Waals surface area (Å²) in [5, 5.41) is 5.19. The highest BCUT2D eigenvalue weighted by Gasteiger charge is 2.15. The molecule has 2 amide bonds. The van der Waals surface area contributed by atoms with Crippen molar-refractivity contribution in [1.29, 1.82) is 0 Å². The van der Waals surface area contributed by atoms with Crippen LogP contribution in [0.5, 0.6) is 11.5 Å². The number of rotatable bonds is 9. The number of nitrogens with one attached hydrogen (secondary N) is 2. The van der Waals surface area contributed by atoms with Crippen molar-refractivity contribution >= 4 is 12.0 Å². The van der Waals surface area contributed by atoms with E-state index in [4.69, 9.17) is 14.2 Å². The Kier molecular flexibility index (Phi) is 7.96. The van der Waals surface area contributed by atoms with Gasteiger partial charge in [-0.15, -0.1) is 0 Å². The first-order valence-electron chi connectivity index (χ1n) is 8.60. The van der Waals surface area contributed by atoms with E-state index in [0.29, 0.717) is 18.9 Å². The highest BCUT2D eigenvalue weighted by Crippen LogP contribution is 2.16. The Morgan fingerprint density at radius 3 is 2.33 bits per heavy atom. The van der Waals surface area contributed by atoms with Gasteiger partial charge < -0.3 is 24.8 Å². The molecule has 0 radical (unpaired) electrons. The van der Waals surface area contributed by atoms with Gasteiger partial charge in [0, 0.05) is 0 Å². The average molecular weight is 372 g/mol. The maximum Gasteiger partial charge on any atom is 0.408 e. The maximum atomic E-state index is 12.0. The Bertz CT molecular complexity index is 719. The highest BCUT2D eigenvalue weighted by molar-refractivity contribution is 5.85. The molecule has 0 heterocycles. The zero-order chi connectivity index (χ0) is 19.5. The minimum Gasteiger partial charge on any atom is -0.497 e. The molecule has 27 heavy (non-hydrogen) atoms. The van der Waals surface area contributed by atoms with Gasteiger partial charge in [-0.3, -0.25) is 4.79 Å². The Balaban J connectivity index is 1.62. The summed E-state index contributed by atoms with van der Waals surface area (Å²) in [5.74, 6) is 1.11. The second kappa shape index (κ2) is 10.7. The number of benzene rings is 2. The molecule has 2 rings (SSSR count). The largest absolute Gasteiger partial charge is 0.497 e. The third-order valence-electron chi connectivity index (χ3n) is 3.67. The van der Waals surface area contributed by atoms with Gasteiger partial charge in [0.25, 0.3) is 0 Å². The van der Waals surface area contributed by atoms with Gasteiger partial charge in [-0.2, -0.15) is 0 Å². The van der Waals surface area contributed by atoms with Crippen molar-refractivity contribution in [2.75, 3.05) is 20.3 Å². The first-order valence-corrected chi connectivity index (χ1v) is 8.60. The lowest BCUT2D eigenvalue weighted by atomic mass is 10.2. The Hall–Kier alpha value is -3.22. The second-order valence-corrected chi connectivity index (χ2v) is 5.74. The van der Waals surface area contributed by atoms with Gasteiger partial charge in [-0.25, -0.2) is 4.79 Å². The highest BCUT2D eigenvalue weighted by atomic mass is 16.5. The first kappa shape index (κ1) is 20.1. The fraction of sp³-hybridized carbons (Fsp3) is 0.300. The van der Waals surface area contributed by atoms with Crippen LogP contribution in [-0.4, -0.2) is 38.3 Å². The summed E-state index contributed by atoms with van der Waals surface area (Å²) in [4.78, 5) is 23.7. The minimum atomic E-state index is -0.714. The molecule has 0 bridgehead atoms. The van der Waals surface area contributed by atoms with E-state index in [2.05, 4.69) is 10.6 Å². The number of ether oxygens (including phenoxy) is 3. The van der Waals surface area contributed by atoms with Crippen LogP contribution in [-0.2, 0) is 16.1 Å². The molecule has 0 aromatic heterocycles. The van der Waals surface area contributed by atoms with Gasteiger partial charge in [0.15, 0.2) is 0 Å². The van der Waals surface area contributed by atoms with Crippen molar-refractivity contribution < 1.29 is 23.8 Å². The van der Waals surface area contributed by atoms with Gasteiger partial charge in [0.05, 0.1) is 13.7 Å². The standard InChI is InChI=1S/C20H24N2O5/c1-15(22-20(24)27-14-16-6-4-3-5-7-16)19(23)21-12-13-26-18-10-8-17(25-2)9-11-18/h3-11,15H,12-14H2,1-2H3,(H,21,23)(H,22,24)/t15-/m0/s1.